The molecular weight excluding hydrogens is 281 g/mol. The SMILES string of the molecule is CC(C)CNC(=O)CNC(=O)c1ccc([N+](=O)[O-])c(F)c1. The molecule has 0 radical (unpaired) electrons. The van der Waals surface area contributed by atoms with Gasteiger partial charge in [0, 0.05) is 18.2 Å². The van der Waals surface area contributed by atoms with E-state index in [1.165, 1.54) is 0 Å². The van der Waals surface area contributed by atoms with Gasteiger partial charge < -0.3 is 10.6 Å². The molecule has 7 nitrogen and oxygen atoms in total. The van der Waals surface area contributed by atoms with Crippen molar-refractivity contribution in [2.45, 2.75) is 13.8 Å². The minimum absolute atomic E-state index is 0.0882. The predicted octanol–water partition coefficient (Wildman–Crippen LogP) is 1.24. The Kier molecular flexibility index (Phi) is 5.77. The molecule has 8 heteroatoms. The zero-order chi connectivity index (χ0) is 16.0. The van der Waals surface area contributed by atoms with Gasteiger partial charge in [-0.25, -0.2) is 0 Å². The molecule has 0 bridgehead atoms. The van der Waals surface area contributed by atoms with Gasteiger partial charge in [0.25, 0.3) is 5.91 Å². The van der Waals surface area contributed by atoms with Gasteiger partial charge in [0.15, 0.2) is 0 Å². The van der Waals surface area contributed by atoms with Crippen molar-refractivity contribution in [1.29, 1.82) is 0 Å². The fourth-order valence-corrected chi connectivity index (χ4v) is 1.44. The molecule has 1 aromatic rings. The zero-order valence-electron chi connectivity index (χ0n) is 11.7. The fourth-order valence-electron chi connectivity index (χ4n) is 1.44. The maximum atomic E-state index is 13.4. The van der Waals surface area contributed by atoms with Crippen molar-refractivity contribution in [2.75, 3.05) is 13.1 Å². The third-order valence-electron chi connectivity index (χ3n) is 2.52. The van der Waals surface area contributed by atoms with Crippen molar-refractivity contribution in [3.05, 3.63) is 39.7 Å². The molecule has 0 spiro atoms. The molecule has 0 aliphatic carbocycles. The lowest BCUT2D eigenvalue weighted by Crippen LogP contribution is -2.38. The maximum Gasteiger partial charge on any atom is 0.304 e. The monoisotopic (exact) mass is 297 g/mol. The van der Waals surface area contributed by atoms with Crippen LogP contribution in [0.4, 0.5) is 10.1 Å². The molecule has 0 aliphatic heterocycles. The highest BCUT2D eigenvalue weighted by Gasteiger charge is 2.17. The zero-order valence-corrected chi connectivity index (χ0v) is 11.7. The smallest absolute Gasteiger partial charge is 0.304 e. The quantitative estimate of drug-likeness (QED) is 0.609. The normalized spacial score (nSPS) is 10.3. The van der Waals surface area contributed by atoms with Gasteiger partial charge in [0.2, 0.25) is 11.7 Å². The van der Waals surface area contributed by atoms with Crippen molar-refractivity contribution in [1.82, 2.24) is 10.6 Å². The Bertz CT molecular complexity index is 560. The number of rotatable bonds is 6. The Labute approximate surface area is 120 Å². The van der Waals surface area contributed by atoms with E-state index in [4.69, 9.17) is 0 Å². The highest BCUT2D eigenvalue weighted by Crippen LogP contribution is 2.17. The molecule has 0 fully saturated rings. The summed E-state index contributed by atoms with van der Waals surface area (Å²) in [6.45, 7) is 4.10. The Morgan fingerprint density at radius 1 is 1.33 bits per heavy atom. The first kappa shape index (κ1) is 16.5. The summed E-state index contributed by atoms with van der Waals surface area (Å²) in [5.74, 6) is -1.85. The van der Waals surface area contributed by atoms with Gasteiger partial charge in [-0.1, -0.05) is 13.8 Å². The number of hydrogen-bond donors (Lipinski definition) is 2. The van der Waals surface area contributed by atoms with E-state index in [0.29, 0.717) is 6.54 Å². The molecule has 0 aromatic heterocycles. The number of nitro groups is 1. The van der Waals surface area contributed by atoms with Crippen LogP contribution in [0, 0.1) is 21.8 Å². The Balaban J connectivity index is 2.58. The third kappa shape index (κ3) is 5.17. The van der Waals surface area contributed by atoms with Crippen molar-refractivity contribution in [3.8, 4) is 0 Å². The van der Waals surface area contributed by atoms with Gasteiger partial charge in [-0.3, -0.25) is 19.7 Å². The number of halogens is 1. The second-order valence-electron chi connectivity index (χ2n) is 4.80. The fraction of sp³-hybridized carbons (Fsp3) is 0.385. The summed E-state index contributed by atoms with van der Waals surface area (Å²) in [5.41, 5.74) is -0.795. The minimum Gasteiger partial charge on any atom is -0.354 e. The summed E-state index contributed by atoms with van der Waals surface area (Å²) in [6, 6.07) is 2.80. The van der Waals surface area contributed by atoms with E-state index in [1.54, 1.807) is 0 Å². The second kappa shape index (κ2) is 7.32. The second-order valence-corrected chi connectivity index (χ2v) is 4.80. The van der Waals surface area contributed by atoms with Crippen LogP contribution in [0.3, 0.4) is 0 Å². The Morgan fingerprint density at radius 2 is 2.00 bits per heavy atom. The van der Waals surface area contributed by atoms with Gasteiger partial charge in [0.05, 0.1) is 11.5 Å². The number of nitro benzene ring substituents is 1. The van der Waals surface area contributed by atoms with Crippen LogP contribution in [0.25, 0.3) is 0 Å². The molecule has 114 valence electrons. The average molecular weight is 297 g/mol. The summed E-state index contributed by atoms with van der Waals surface area (Å²) in [5, 5.41) is 15.4. The van der Waals surface area contributed by atoms with E-state index < -0.39 is 22.3 Å². The number of carbonyl (C=O) groups is 2. The molecular formula is C13H16FN3O4. The lowest BCUT2D eigenvalue weighted by atomic mass is 10.2. The topological polar surface area (TPSA) is 101 Å². The summed E-state index contributed by atoms with van der Waals surface area (Å²) < 4.78 is 13.4. The third-order valence-corrected chi connectivity index (χ3v) is 2.52. The summed E-state index contributed by atoms with van der Waals surface area (Å²) in [6.07, 6.45) is 0. The van der Waals surface area contributed by atoms with E-state index in [9.17, 15) is 24.1 Å². The largest absolute Gasteiger partial charge is 0.354 e. The summed E-state index contributed by atoms with van der Waals surface area (Å²) in [7, 11) is 0. The first-order valence-electron chi connectivity index (χ1n) is 6.30. The highest BCUT2D eigenvalue weighted by molar-refractivity contribution is 5.96. The summed E-state index contributed by atoms with van der Waals surface area (Å²) >= 11 is 0. The van der Waals surface area contributed by atoms with Gasteiger partial charge in [-0.15, -0.1) is 0 Å². The molecule has 0 saturated heterocycles. The van der Waals surface area contributed by atoms with Crippen LogP contribution < -0.4 is 10.6 Å². The molecule has 0 unspecified atom stereocenters. The van der Waals surface area contributed by atoms with E-state index in [1.807, 2.05) is 13.8 Å². The number of amides is 2. The lowest BCUT2D eigenvalue weighted by molar-refractivity contribution is -0.387. The van der Waals surface area contributed by atoms with Crippen molar-refractivity contribution in [3.63, 3.8) is 0 Å². The molecule has 2 amide bonds. The molecule has 0 saturated carbocycles. The van der Waals surface area contributed by atoms with E-state index in [2.05, 4.69) is 10.6 Å². The first-order valence-corrected chi connectivity index (χ1v) is 6.30. The number of nitrogens with zero attached hydrogens (tertiary/aromatic N) is 1. The predicted molar refractivity (Wildman–Crippen MR) is 73.2 cm³/mol. The van der Waals surface area contributed by atoms with Crippen LogP contribution in [0.15, 0.2) is 18.2 Å². The minimum atomic E-state index is -1.10. The van der Waals surface area contributed by atoms with Crippen LogP contribution in [0.2, 0.25) is 0 Å². The maximum absolute atomic E-state index is 13.4. The molecule has 0 heterocycles. The van der Waals surface area contributed by atoms with Crippen molar-refractivity contribution < 1.29 is 18.9 Å². The standard InChI is InChI=1S/C13H16FN3O4/c1-8(2)6-15-12(18)7-16-13(19)9-3-4-11(17(20)21)10(14)5-9/h3-5,8H,6-7H2,1-2H3,(H,15,18)(H,16,19). The number of hydrogen-bond acceptors (Lipinski definition) is 4. The number of benzene rings is 1. The first-order chi connectivity index (χ1) is 9.81. The van der Waals surface area contributed by atoms with Crippen molar-refractivity contribution >= 4 is 17.5 Å². The van der Waals surface area contributed by atoms with E-state index in [0.717, 1.165) is 18.2 Å². The highest BCUT2D eigenvalue weighted by atomic mass is 19.1. The van der Waals surface area contributed by atoms with Crippen molar-refractivity contribution in [2.24, 2.45) is 5.92 Å². The molecule has 21 heavy (non-hydrogen) atoms. The van der Waals surface area contributed by atoms with Gasteiger partial charge in [-0.05, 0) is 18.1 Å². The molecule has 1 rings (SSSR count). The number of nitrogens with one attached hydrogen (secondary N) is 2. The van der Waals surface area contributed by atoms with Gasteiger partial charge in [-0.2, -0.15) is 4.39 Å². The molecule has 0 aliphatic rings. The molecule has 1 aromatic carbocycles. The van der Waals surface area contributed by atoms with Crippen LogP contribution >= 0.6 is 0 Å². The molecule has 0 atom stereocenters. The lowest BCUT2D eigenvalue weighted by Gasteiger charge is -2.08. The Hall–Kier alpha value is -2.51. The van der Waals surface area contributed by atoms with Gasteiger partial charge in [0.1, 0.15) is 0 Å². The van der Waals surface area contributed by atoms with Crippen LogP contribution in [0.5, 0.6) is 0 Å². The Morgan fingerprint density at radius 3 is 2.52 bits per heavy atom. The number of carbonyl (C=O) groups excluding carboxylic acids is 2. The van der Waals surface area contributed by atoms with Gasteiger partial charge >= 0.3 is 5.69 Å². The average Bonchev–Trinajstić information content (AvgIpc) is 2.41. The van der Waals surface area contributed by atoms with E-state index >= 15 is 0 Å². The molecule has 2 N–H and O–H groups in total. The van der Waals surface area contributed by atoms with Crippen LogP contribution in [0.1, 0.15) is 24.2 Å². The summed E-state index contributed by atoms with van der Waals surface area (Å²) in [4.78, 5) is 32.7. The van der Waals surface area contributed by atoms with Crippen LogP contribution in [-0.2, 0) is 4.79 Å². The van der Waals surface area contributed by atoms with E-state index in [-0.39, 0.29) is 23.9 Å². The van der Waals surface area contributed by atoms with Crippen LogP contribution in [-0.4, -0.2) is 29.8 Å².